The van der Waals surface area contributed by atoms with Gasteiger partial charge in [-0.05, 0) is 31.4 Å². The number of fused-ring (bicyclic) bond motifs is 2. The fraction of sp³-hybridized carbons (Fsp3) is 0.364. The van der Waals surface area contributed by atoms with Crippen LogP contribution in [0, 0.1) is 5.92 Å². The second-order valence-electron chi connectivity index (χ2n) is 7.45. The SMILES string of the molecule is CC1(C(CCBr)Cc2cc(O)c3c(c2O)C(=O)c2ccccc2C3=O)OCCO1. The number of alkyl halides is 1. The van der Waals surface area contributed by atoms with Crippen molar-refractivity contribution >= 4 is 27.5 Å². The molecule has 1 heterocycles. The Hall–Kier alpha value is -2.22. The normalized spacial score (nSPS) is 18.4. The molecule has 0 bridgehead atoms. The lowest BCUT2D eigenvalue weighted by molar-refractivity contribution is -0.181. The Morgan fingerprint density at radius 1 is 1.07 bits per heavy atom. The molecule has 2 N–H and O–H groups in total. The van der Waals surface area contributed by atoms with Gasteiger partial charge in [-0.15, -0.1) is 0 Å². The number of benzene rings is 2. The minimum atomic E-state index is -0.821. The quantitative estimate of drug-likeness (QED) is 0.446. The predicted molar refractivity (Wildman–Crippen MR) is 109 cm³/mol. The summed E-state index contributed by atoms with van der Waals surface area (Å²) < 4.78 is 11.6. The van der Waals surface area contributed by atoms with Crippen LogP contribution in [0.5, 0.6) is 11.5 Å². The van der Waals surface area contributed by atoms with Crippen LogP contribution in [0.4, 0.5) is 0 Å². The van der Waals surface area contributed by atoms with Crippen molar-refractivity contribution in [2.24, 2.45) is 5.92 Å². The summed E-state index contributed by atoms with van der Waals surface area (Å²) in [6.45, 7) is 2.83. The van der Waals surface area contributed by atoms with Gasteiger partial charge in [-0.25, -0.2) is 0 Å². The molecule has 1 aliphatic carbocycles. The maximum Gasteiger partial charge on any atom is 0.198 e. The van der Waals surface area contributed by atoms with Crippen LogP contribution in [0.25, 0.3) is 0 Å². The molecule has 7 heteroatoms. The van der Waals surface area contributed by atoms with E-state index in [2.05, 4.69) is 15.9 Å². The van der Waals surface area contributed by atoms with E-state index in [9.17, 15) is 19.8 Å². The molecule has 1 saturated heterocycles. The molecule has 1 aliphatic heterocycles. The van der Waals surface area contributed by atoms with E-state index in [1.807, 2.05) is 6.92 Å². The zero-order chi connectivity index (χ0) is 20.8. The van der Waals surface area contributed by atoms with Crippen molar-refractivity contribution in [3.63, 3.8) is 0 Å². The third-order valence-corrected chi connectivity index (χ3v) is 6.21. The maximum atomic E-state index is 13.0. The number of phenols is 2. The number of halogens is 1. The Bertz CT molecular complexity index is 993. The van der Waals surface area contributed by atoms with Gasteiger partial charge in [0.1, 0.15) is 11.5 Å². The van der Waals surface area contributed by atoms with Crippen molar-refractivity contribution in [2.45, 2.75) is 25.6 Å². The number of phenolic OH excluding ortho intramolecular Hbond substituents is 2. The van der Waals surface area contributed by atoms with Crippen LogP contribution in [0.1, 0.15) is 50.8 Å². The minimum absolute atomic E-state index is 0.130. The van der Waals surface area contributed by atoms with Gasteiger partial charge in [-0.2, -0.15) is 0 Å². The standard InChI is InChI=1S/C22H21BrO6/c1-22(28-8-9-29-22)13(6-7-23)10-12-11-16(24)17-18(19(12)25)21(27)15-5-3-2-4-14(15)20(17)26/h2-5,11,13,24-25H,6-10H2,1H3. The van der Waals surface area contributed by atoms with Crippen LogP contribution >= 0.6 is 15.9 Å². The average Bonchev–Trinajstić information content (AvgIpc) is 3.16. The summed E-state index contributed by atoms with van der Waals surface area (Å²) in [5.41, 5.74) is 0.549. The second kappa shape index (κ2) is 7.55. The molecule has 0 aromatic heterocycles. The average molecular weight is 461 g/mol. The molecule has 0 radical (unpaired) electrons. The van der Waals surface area contributed by atoms with E-state index in [0.717, 1.165) is 0 Å². The third kappa shape index (κ3) is 3.27. The number of hydrogen-bond acceptors (Lipinski definition) is 6. The van der Waals surface area contributed by atoms with Crippen molar-refractivity contribution in [3.8, 4) is 11.5 Å². The van der Waals surface area contributed by atoms with Gasteiger partial charge in [-0.1, -0.05) is 40.2 Å². The number of ether oxygens (including phenoxy) is 2. The molecular weight excluding hydrogens is 440 g/mol. The summed E-state index contributed by atoms with van der Waals surface area (Å²) in [7, 11) is 0. The van der Waals surface area contributed by atoms with Crippen molar-refractivity contribution < 1.29 is 29.3 Å². The van der Waals surface area contributed by atoms with E-state index < -0.39 is 17.4 Å². The summed E-state index contributed by atoms with van der Waals surface area (Å²) in [6, 6.07) is 7.79. The molecule has 2 aromatic rings. The number of carbonyl (C=O) groups is 2. The molecule has 0 spiro atoms. The van der Waals surface area contributed by atoms with E-state index in [-0.39, 0.29) is 39.7 Å². The number of ketones is 2. The summed E-state index contributed by atoms with van der Waals surface area (Å²) in [4.78, 5) is 25.9. The number of carbonyl (C=O) groups excluding carboxylic acids is 2. The molecule has 29 heavy (non-hydrogen) atoms. The Morgan fingerprint density at radius 3 is 2.24 bits per heavy atom. The highest BCUT2D eigenvalue weighted by Crippen LogP contribution is 2.42. The van der Waals surface area contributed by atoms with Gasteiger partial charge in [-0.3, -0.25) is 9.59 Å². The van der Waals surface area contributed by atoms with Crippen molar-refractivity contribution in [2.75, 3.05) is 18.5 Å². The number of hydrogen-bond donors (Lipinski definition) is 2. The van der Waals surface area contributed by atoms with Crippen LogP contribution < -0.4 is 0 Å². The van der Waals surface area contributed by atoms with Gasteiger partial charge in [0.2, 0.25) is 0 Å². The van der Waals surface area contributed by atoms with Crippen LogP contribution in [-0.2, 0) is 15.9 Å². The largest absolute Gasteiger partial charge is 0.507 e. The van der Waals surface area contributed by atoms with Gasteiger partial charge < -0.3 is 19.7 Å². The smallest absolute Gasteiger partial charge is 0.198 e. The molecule has 1 unspecified atom stereocenters. The van der Waals surface area contributed by atoms with Crippen molar-refractivity contribution in [1.82, 2.24) is 0 Å². The van der Waals surface area contributed by atoms with E-state index in [1.165, 1.54) is 6.07 Å². The van der Waals surface area contributed by atoms with Gasteiger partial charge >= 0.3 is 0 Å². The van der Waals surface area contributed by atoms with Crippen LogP contribution in [0.15, 0.2) is 30.3 Å². The highest BCUT2D eigenvalue weighted by Gasteiger charge is 2.41. The van der Waals surface area contributed by atoms with Gasteiger partial charge in [0.15, 0.2) is 17.4 Å². The first-order valence-electron chi connectivity index (χ1n) is 9.47. The highest BCUT2D eigenvalue weighted by atomic mass is 79.9. The monoisotopic (exact) mass is 460 g/mol. The highest BCUT2D eigenvalue weighted by molar-refractivity contribution is 9.09. The van der Waals surface area contributed by atoms with Crippen LogP contribution in [0.3, 0.4) is 0 Å². The lowest BCUT2D eigenvalue weighted by atomic mass is 9.80. The van der Waals surface area contributed by atoms with Crippen molar-refractivity contribution in [3.05, 3.63) is 58.1 Å². The second-order valence-corrected chi connectivity index (χ2v) is 8.24. The fourth-order valence-corrected chi connectivity index (χ4v) is 4.73. The summed E-state index contributed by atoms with van der Waals surface area (Å²) in [5, 5.41) is 22.2. The van der Waals surface area contributed by atoms with Crippen molar-refractivity contribution in [1.29, 1.82) is 0 Å². The summed E-state index contributed by atoms with van der Waals surface area (Å²) in [6.07, 6.45) is 1.02. The molecular formula is C22H21BrO6. The molecule has 152 valence electrons. The first-order chi connectivity index (χ1) is 13.9. The molecule has 2 aliphatic rings. The zero-order valence-electron chi connectivity index (χ0n) is 15.9. The Morgan fingerprint density at radius 2 is 1.66 bits per heavy atom. The van der Waals surface area contributed by atoms with Gasteiger partial charge in [0.05, 0.1) is 24.3 Å². The lowest BCUT2D eigenvalue weighted by Gasteiger charge is -2.32. The number of rotatable bonds is 5. The van der Waals surface area contributed by atoms with Crippen LogP contribution in [0.2, 0.25) is 0 Å². The van der Waals surface area contributed by atoms with E-state index in [1.54, 1.807) is 24.3 Å². The summed E-state index contributed by atoms with van der Waals surface area (Å²) in [5.74, 6) is -2.47. The van der Waals surface area contributed by atoms with E-state index in [4.69, 9.17) is 9.47 Å². The molecule has 0 saturated carbocycles. The first-order valence-corrected chi connectivity index (χ1v) is 10.6. The third-order valence-electron chi connectivity index (χ3n) is 5.75. The lowest BCUT2D eigenvalue weighted by Crippen LogP contribution is -2.37. The molecule has 2 aromatic carbocycles. The maximum absolute atomic E-state index is 13.0. The molecule has 6 nitrogen and oxygen atoms in total. The Kier molecular flexibility index (Phi) is 5.23. The fourth-order valence-electron chi connectivity index (χ4n) is 4.18. The Labute approximate surface area is 176 Å². The zero-order valence-corrected chi connectivity index (χ0v) is 17.5. The number of aromatic hydroxyl groups is 2. The first kappa shape index (κ1) is 20.1. The predicted octanol–water partition coefficient (Wildman–Crippen LogP) is 3.58. The van der Waals surface area contributed by atoms with E-state index in [0.29, 0.717) is 36.9 Å². The van der Waals surface area contributed by atoms with Gasteiger partial charge in [0, 0.05) is 22.4 Å². The molecule has 0 amide bonds. The topological polar surface area (TPSA) is 93.1 Å². The summed E-state index contributed by atoms with van der Waals surface area (Å²) >= 11 is 3.44. The van der Waals surface area contributed by atoms with E-state index >= 15 is 0 Å². The van der Waals surface area contributed by atoms with Crippen LogP contribution in [-0.4, -0.2) is 46.1 Å². The minimum Gasteiger partial charge on any atom is -0.507 e. The Balaban J connectivity index is 1.79. The molecule has 4 rings (SSSR count). The molecule has 1 fully saturated rings. The van der Waals surface area contributed by atoms with Gasteiger partial charge in [0.25, 0.3) is 0 Å². The molecule has 1 atom stereocenters.